The number of carbonyl (C=O) groups excluding carboxylic acids is 2. The Morgan fingerprint density at radius 2 is 1.74 bits per heavy atom. The Hall–Kier alpha value is -2.88. The van der Waals surface area contributed by atoms with Crippen molar-refractivity contribution >= 4 is 18.1 Å². The van der Waals surface area contributed by atoms with Gasteiger partial charge in [0.05, 0.1) is 6.04 Å². The van der Waals surface area contributed by atoms with Crippen LogP contribution in [0.2, 0.25) is 0 Å². The molecular formula is C19H17NO3. The minimum Gasteiger partial charge on any atom is -0.447 e. The normalized spacial score (nSPS) is 17.5. The van der Waals surface area contributed by atoms with Gasteiger partial charge in [0.1, 0.15) is 6.61 Å². The summed E-state index contributed by atoms with van der Waals surface area (Å²) < 4.78 is 5.06. The Balaban J connectivity index is 1.72. The molecule has 0 radical (unpaired) electrons. The van der Waals surface area contributed by atoms with E-state index in [1.54, 1.807) is 6.08 Å². The van der Waals surface area contributed by atoms with Gasteiger partial charge in [-0.3, -0.25) is 4.79 Å². The molecule has 3 rings (SSSR count). The van der Waals surface area contributed by atoms with E-state index in [0.29, 0.717) is 6.42 Å². The third kappa shape index (κ3) is 3.66. The molecule has 1 aliphatic rings. The topological polar surface area (TPSA) is 46.6 Å². The number of hydrogen-bond donors (Lipinski definition) is 0. The maximum absolute atomic E-state index is 12.4. The van der Waals surface area contributed by atoms with Crippen LogP contribution in [0.25, 0.3) is 6.08 Å². The number of rotatable bonds is 4. The summed E-state index contributed by atoms with van der Waals surface area (Å²) in [4.78, 5) is 25.4. The maximum atomic E-state index is 12.4. The van der Waals surface area contributed by atoms with Crippen LogP contribution in [-0.4, -0.2) is 29.5 Å². The molecule has 1 aliphatic heterocycles. The van der Waals surface area contributed by atoms with Gasteiger partial charge in [-0.1, -0.05) is 60.7 Å². The highest BCUT2D eigenvalue weighted by Gasteiger charge is 2.36. The molecule has 1 heterocycles. The summed E-state index contributed by atoms with van der Waals surface area (Å²) in [6, 6.07) is 19.0. The molecule has 0 bridgehead atoms. The second-order valence-electron chi connectivity index (χ2n) is 5.37. The van der Waals surface area contributed by atoms with Gasteiger partial charge in [-0.25, -0.2) is 9.69 Å². The lowest BCUT2D eigenvalue weighted by molar-refractivity contribution is -0.124. The summed E-state index contributed by atoms with van der Waals surface area (Å²) >= 11 is 0. The molecule has 4 heteroatoms. The SMILES string of the molecule is O=C(/C=C/c1ccccc1)N1C(=O)OC[C@H]1Cc1ccccc1. The van der Waals surface area contributed by atoms with Gasteiger partial charge in [0.15, 0.2) is 0 Å². The van der Waals surface area contributed by atoms with E-state index >= 15 is 0 Å². The van der Waals surface area contributed by atoms with Gasteiger partial charge in [0.25, 0.3) is 5.91 Å². The minimum absolute atomic E-state index is 0.235. The smallest absolute Gasteiger partial charge is 0.417 e. The summed E-state index contributed by atoms with van der Waals surface area (Å²) in [5.74, 6) is -0.350. The highest BCUT2D eigenvalue weighted by Crippen LogP contribution is 2.18. The molecule has 0 N–H and O–H groups in total. The van der Waals surface area contributed by atoms with Crippen molar-refractivity contribution in [2.75, 3.05) is 6.61 Å². The molecule has 23 heavy (non-hydrogen) atoms. The summed E-state index contributed by atoms with van der Waals surface area (Å²) in [6.45, 7) is 0.235. The molecular weight excluding hydrogens is 290 g/mol. The van der Waals surface area contributed by atoms with Crippen molar-refractivity contribution in [1.82, 2.24) is 4.90 Å². The molecule has 0 aliphatic carbocycles. The van der Waals surface area contributed by atoms with E-state index in [0.717, 1.165) is 11.1 Å². The van der Waals surface area contributed by atoms with E-state index in [1.807, 2.05) is 60.7 Å². The summed E-state index contributed by atoms with van der Waals surface area (Å²) in [5.41, 5.74) is 1.98. The molecule has 1 saturated heterocycles. The Labute approximate surface area is 135 Å². The molecule has 2 aromatic rings. The molecule has 0 aromatic heterocycles. The number of amides is 2. The van der Waals surface area contributed by atoms with Crippen molar-refractivity contribution in [3.63, 3.8) is 0 Å². The van der Waals surface area contributed by atoms with Crippen LogP contribution in [0.4, 0.5) is 4.79 Å². The third-order valence-corrected chi connectivity index (χ3v) is 3.73. The Morgan fingerprint density at radius 1 is 1.09 bits per heavy atom. The van der Waals surface area contributed by atoms with Crippen LogP contribution in [0.1, 0.15) is 11.1 Å². The lowest BCUT2D eigenvalue weighted by Crippen LogP contribution is -2.39. The molecule has 1 atom stereocenters. The number of hydrogen-bond acceptors (Lipinski definition) is 3. The van der Waals surface area contributed by atoms with E-state index in [2.05, 4.69) is 0 Å². The van der Waals surface area contributed by atoms with Crippen molar-refractivity contribution in [3.8, 4) is 0 Å². The molecule has 1 fully saturated rings. The van der Waals surface area contributed by atoms with E-state index in [-0.39, 0.29) is 18.6 Å². The van der Waals surface area contributed by atoms with Crippen molar-refractivity contribution < 1.29 is 14.3 Å². The number of ether oxygens (including phenoxy) is 1. The van der Waals surface area contributed by atoms with Gasteiger partial charge in [-0.2, -0.15) is 0 Å². The van der Waals surface area contributed by atoms with Crippen LogP contribution >= 0.6 is 0 Å². The first-order chi connectivity index (χ1) is 11.2. The van der Waals surface area contributed by atoms with E-state index in [1.165, 1.54) is 11.0 Å². The maximum Gasteiger partial charge on any atom is 0.417 e. The highest BCUT2D eigenvalue weighted by atomic mass is 16.6. The largest absolute Gasteiger partial charge is 0.447 e. The van der Waals surface area contributed by atoms with Crippen LogP contribution in [0, 0.1) is 0 Å². The third-order valence-electron chi connectivity index (χ3n) is 3.73. The second-order valence-corrected chi connectivity index (χ2v) is 5.37. The van der Waals surface area contributed by atoms with Crippen LogP contribution in [0.3, 0.4) is 0 Å². The van der Waals surface area contributed by atoms with Crippen LogP contribution < -0.4 is 0 Å². The Kier molecular flexibility index (Phi) is 4.52. The molecule has 2 aromatic carbocycles. The number of carbonyl (C=O) groups is 2. The first-order valence-electron chi connectivity index (χ1n) is 7.51. The fourth-order valence-corrected chi connectivity index (χ4v) is 2.58. The van der Waals surface area contributed by atoms with Gasteiger partial charge >= 0.3 is 6.09 Å². The molecule has 2 amide bonds. The summed E-state index contributed by atoms with van der Waals surface area (Å²) in [5, 5.41) is 0. The van der Waals surface area contributed by atoms with Gasteiger partial charge in [-0.05, 0) is 23.6 Å². The molecule has 4 nitrogen and oxygen atoms in total. The number of cyclic esters (lactones) is 1. The zero-order valence-electron chi connectivity index (χ0n) is 12.6. The highest BCUT2D eigenvalue weighted by molar-refractivity contribution is 6.02. The van der Waals surface area contributed by atoms with Gasteiger partial charge < -0.3 is 4.74 Å². The van der Waals surface area contributed by atoms with Crippen molar-refractivity contribution in [3.05, 3.63) is 77.9 Å². The van der Waals surface area contributed by atoms with Gasteiger partial charge in [0, 0.05) is 6.08 Å². The van der Waals surface area contributed by atoms with E-state index < -0.39 is 6.09 Å². The summed E-state index contributed by atoms with van der Waals surface area (Å²) in [6.07, 6.45) is 3.14. The predicted molar refractivity (Wildman–Crippen MR) is 87.6 cm³/mol. The van der Waals surface area contributed by atoms with Crippen molar-refractivity contribution in [2.45, 2.75) is 12.5 Å². The molecule has 116 valence electrons. The van der Waals surface area contributed by atoms with Crippen LogP contribution in [-0.2, 0) is 16.0 Å². The van der Waals surface area contributed by atoms with E-state index in [9.17, 15) is 9.59 Å². The standard InChI is InChI=1S/C19H17NO3/c21-18(12-11-15-7-3-1-4-8-15)20-17(14-23-19(20)22)13-16-9-5-2-6-10-16/h1-12,17H,13-14H2/b12-11+/t17-/m1/s1. The quantitative estimate of drug-likeness (QED) is 0.814. The monoisotopic (exact) mass is 307 g/mol. The Morgan fingerprint density at radius 3 is 2.43 bits per heavy atom. The first-order valence-corrected chi connectivity index (χ1v) is 7.51. The minimum atomic E-state index is -0.575. The van der Waals surface area contributed by atoms with Crippen molar-refractivity contribution in [2.24, 2.45) is 0 Å². The van der Waals surface area contributed by atoms with Gasteiger partial charge in [0.2, 0.25) is 0 Å². The molecule has 0 unspecified atom stereocenters. The molecule has 0 spiro atoms. The second kappa shape index (κ2) is 6.92. The zero-order valence-corrected chi connectivity index (χ0v) is 12.6. The lowest BCUT2D eigenvalue weighted by atomic mass is 10.1. The number of nitrogens with zero attached hydrogens (tertiary/aromatic N) is 1. The van der Waals surface area contributed by atoms with Crippen LogP contribution in [0.15, 0.2) is 66.7 Å². The van der Waals surface area contributed by atoms with E-state index in [4.69, 9.17) is 4.74 Å². The molecule has 0 saturated carbocycles. The Bertz CT molecular complexity index is 710. The number of benzene rings is 2. The first kappa shape index (κ1) is 15.0. The fourth-order valence-electron chi connectivity index (χ4n) is 2.58. The zero-order chi connectivity index (χ0) is 16.1. The lowest BCUT2D eigenvalue weighted by Gasteiger charge is -2.18. The fraction of sp³-hybridized carbons (Fsp3) is 0.158. The summed E-state index contributed by atoms with van der Waals surface area (Å²) in [7, 11) is 0. The van der Waals surface area contributed by atoms with Gasteiger partial charge in [-0.15, -0.1) is 0 Å². The number of imide groups is 1. The van der Waals surface area contributed by atoms with Crippen molar-refractivity contribution in [1.29, 1.82) is 0 Å². The average molecular weight is 307 g/mol. The average Bonchev–Trinajstić information content (AvgIpc) is 2.95. The predicted octanol–water partition coefficient (Wildman–Crippen LogP) is 3.29. The van der Waals surface area contributed by atoms with Crippen LogP contribution in [0.5, 0.6) is 0 Å².